The molecule has 2 heterocycles. The molecule has 0 saturated carbocycles. The fraction of sp³-hybridized carbons (Fsp3) is 0.214. The smallest absolute Gasteiger partial charge is 0.165 e. The van der Waals surface area contributed by atoms with Crippen molar-refractivity contribution >= 4 is 17.0 Å². The quantitative estimate of drug-likeness (QED) is 0.782. The molecule has 0 aliphatic rings. The normalized spacial score (nSPS) is 12.4. The first-order valence-electron chi connectivity index (χ1n) is 6.37. The molecule has 20 heavy (non-hydrogen) atoms. The summed E-state index contributed by atoms with van der Waals surface area (Å²) in [7, 11) is 0. The maximum atomic E-state index is 5.84. The molecule has 2 N–H and O–H groups in total. The van der Waals surface area contributed by atoms with Gasteiger partial charge in [0.05, 0.1) is 12.9 Å². The van der Waals surface area contributed by atoms with Crippen LogP contribution in [0.5, 0.6) is 5.75 Å². The van der Waals surface area contributed by atoms with Gasteiger partial charge in [-0.2, -0.15) is 0 Å². The van der Waals surface area contributed by atoms with E-state index in [-0.39, 0.29) is 6.10 Å². The first-order chi connectivity index (χ1) is 9.74. The van der Waals surface area contributed by atoms with E-state index in [1.807, 2.05) is 41.8 Å². The number of fused-ring (bicyclic) bond motifs is 1. The third-order valence-electron chi connectivity index (χ3n) is 2.96. The minimum Gasteiger partial charge on any atom is -0.489 e. The molecule has 0 spiro atoms. The van der Waals surface area contributed by atoms with Crippen LogP contribution in [0.1, 0.15) is 6.92 Å². The standard InChI is InChI=1S/C14H15N5O/c1-10(20-11-5-3-2-4-6-11)7-19-9-18-12-13(15)16-8-17-14(12)19/h2-6,8-10H,7H2,1H3,(H2,15,16,17)/t10-/m1/s1. The minimum absolute atomic E-state index is 0.00834. The van der Waals surface area contributed by atoms with Gasteiger partial charge < -0.3 is 15.0 Å². The van der Waals surface area contributed by atoms with Gasteiger partial charge in [0.1, 0.15) is 23.7 Å². The molecule has 0 fully saturated rings. The van der Waals surface area contributed by atoms with Crippen molar-refractivity contribution in [2.24, 2.45) is 0 Å². The van der Waals surface area contributed by atoms with Gasteiger partial charge in [-0.05, 0) is 19.1 Å². The number of imidazole rings is 1. The van der Waals surface area contributed by atoms with Gasteiger partial charge in [-0.25, -0.2) is 15.0 Å². The number of nitrogens with zero attached hydrogens (tertiary/aromatic N) is 4. The molecule has 0 aliphatic carbocycles. The Morgan fingerprint density at radius 2 is 2.00 bits per heavy atom. The minimum atomic E-state index is -0.00834. The maximum absolute atomic E-state index is 5.84. The number of ether oxygens (including phenoxy) is 1. The molecule has 1 aromatic carbocycles. The molecule has 102 valence electrons. The molecule has 0 bridgehead atoms. The van der Waals surface area contributed by atoms with Gasteiger partial charge in [0.25, 0.3) is 0 Å². The van der Waals surface area contributed by atoms with Gasteiger partial charge in [0, 0.05) is 0 Å². The van der Waals surface area contributed by atoms with Crippen molar-refractivity contribution in [3.63, 3.8) is 0 Å². The lowest BCUT2D eigenvalue weighted by Crippen LogP contribution is -2.19. The lowest BCUT2D eigenvalue weighted by molar-refractivity contribution is 0.201. The van der Waals surface area contributed by atoms with Gasteiger partial charge in [0.2, 0.25) is 0 Å². The average Bonchev–Trinajstić information content (AvgIpc) is 2.84. The summed E-state index contributed by atoms with van der Waals surface area (Å²) < 4.78 is 7.76. The predicted molar refractivity (Wildman–Crippen MR) is 76.3 cm³/mol. The van der Waals surface area contributed by atoms with Gasteiger partial charge in [-0.1, -0.05) is 18.2 Å². The molecular weight excluding hydrogens is 254 g/mol. The summed E-state index contributed by atoms with van der Waals surface area (Å²) in [5.41, 5.74) is 7.11. The van der Waals surface area contributed by atoms with Crippen LogP contribution in [0.15, 0.2) is 43.0 Å². The van der Waals surface area contributed by atoms with Gasteiger partial charge in [0.15, 0.2) is 11.5 Å². The highest BCUT2D eigenvalue weighted by Gasteiger charge is 2.11. The number of hydrogen-bond donors (Lipinski definition) is 1. The lowest BCUT2D eigenvalue weighted by Gasteiger charge is -2.15. The first kappa shape index (κ1) is 12.4. The third kappa shape index (κ3) is 2.40. The van der Waals surface area contributed by atoms with E-state index >= 15 is 0 Å². The number of nitrogens with two attached hydrogens (primary N) is 1. The summed E-state index contributed by atoms with van der Waals surface area (Å²) in [6.07, 6.45) is 3.14. The summed E-state index contributed by atoms with van der Waals surface area (Å²) in [5, 5.41) is 0. The summed E-state index contributed by atoms with van der Waals surface area (Å²) >= 11 is 0. The van der Waals surface area contributed by atoms with Crippen molar-refractivity contribution in [1.29, 1.82) is 0 Å². The Morgan fingerprint density at radius 3 is 2.80 bits per heavy atom. The van der Waals surface area contributed by atoms with Gasteiger partial charge in [-0.15, -0.1) is 0 Å². The number of para-hydroxylation sites is 1. The van der Waals surface area contributed by atoms with E-state index in [0.29, 0.717) is 17.9 Å². The first-order valence-corrected chi connectivity index (χ1v) is 6.37. The van der Waals surface area contributed by atoms with Crippen molar-refractivity contribution in [2.45, 2.75) is 19.6 Å². The van der Waals surface area contributed by atoms with Crippen LogP contribution in [0.2, 0.25) is 0 Å². The fourth-order valence-corrected chi connectivity index (χ4v) is 2.08. The van der Waals surface area contributed by atoms with Crippen molar-refractivity contribution < 1.29 is 4.74 Å². The number of nitrogen functional groups attached to an aromatic ring is 1. The maximum Gasteiger partial charge on any atom is 0.165 e. The van der Waals surface area contributed by atoms with Crippen LogP contribution in [0.25, 0.3) is 11.2 Å². The van der Waals surface area contributed by atoms with Crippen LogP contribution in [-0.4, -0.2) is 25.6 Å². The zero-order valence-electron chi connectivity index (χ0n) is 11.1. The van der Waals surface area contributed by atoms with E-state index in [2.05, 4.69) is 15.0 Å². The highest BCUT2D eigenvalue weighted by Crippen LogP contribution is 2.16. The van der Waals surface area contributed by atoms with Crippen molar-refractivity contribution in [2.75, 3.05) is 5.73 Å². The third-order valence-corrected chi connectivity index (χ3v) is 2.96. The van der Waals surface area contributed by atoms with E-state index in [1.54, 1.807) is 6.33 Å². The van der Waals surface area contributed by atoms with Gasteiger partial charge >= 0.3 is 0 Å². The SMILES string of the molecule is C[C@H](Cn1cnc2c(N)ncnc21)Oc1ccccc1. The highest BCUT2D eigenvalue weighted by molar-refractivity contribution is 5.81. The zero-order chi connectivity index (χ0) is 13.9. The monoisotopic (exact) mass is 269 g/mol. The highest BCUT2D eigenvalue weighted by atomic mass is 16.5. The number of hydrogen-bond acceptors (Lipinski definition) is 5. The molecule has 0 aliphatic heterocycles. The van der Waals surface area contributed by atoms with Crippen LogP contribution < -0.4 is 10.5 Å². The molecule has 0 radical (unpaired) electrons. The molecule has 0 saturated heterocycles. The van der Waals surface area contributed by atoms with E-state index in [1.165, 1.54) is 6.33 Å². The van der Waals surface area contributed by atoms with Crippen molar-refractivity contribution in [1.82, 2.24) is 19.5 Å². The topological polar surface area (TPSA) is 78.9 Å². The average molecular weight is 269 g/mol. The number of benzene rings is 1. The van der Waals surface area contributed by atoms with E-state index < -0.39 is 0 Å². The van der Waals surface area contributed by atoms with Crippen molar-refractivity contribution in [3.05, 3.63) is 43.0 Å². The van der Waals surface area contributed by atoms with Crippen LogP contribution in [0.4, 0.5) is 5.82 Å². The fourth-order valence-electron chi connectivity index (χ4n) is 2.08. The van der Waals surface area contributed by atoms with E-state index in [4.69, 9.17) is 10.5 Å². The Labute approximate surface area is 116 Å². The summed E-state index contributed by atoms with van der Waals surface area (Å²) in [6, 6.07) is 9.72. The van der Waals surface area contributed by atoms with Crippen LogP contribution in [-0.2, 0) is 6.54 Å². The lowest BCUT2D eigenvalue weighted by atomic mass is 10.3. The second kappa shape index (κ2) is 5.16. The molecule has 2 aromatic heterocycles. The van der Waals surface area contributed by atoms with Crippen LogP contribution >= 0.6 is 0 Å². The number of anilines is 1. The zero-order valence-corrected chi connectivity index (χ0v) is 11.1. The molecule has 6 nitrogen and oxygen atoms in total. The van der Waals surface area contributed by atoms with E-state index in [0.717, 1.165) is 11.4 Å². The van der Waals surface area contributed by atoms with Gasteiger partial charge in [-0.3, -0.25) is 0 Å². The molecule has 1 atom stereocenters. The number of rotatable bonds is 4. The Hall–Kier alpha value is -2.63. The molecule has 0 unspecified atom stereocenters. The largest absolute Gasteiger partial charge is 0.489 e. The van der Waals surface area contributed by atoms with E-state index in [9.17, 15) is 0 Å². The predicted octanol–water partition coefficient (Wildman–Crippen LogP) is 1.88. The molecular formula is C14H15N5O. The second-order valence-corrected chi connectivity index (χ2v) is 4.57. The van der Waals surface area contributed by atoms with Crippen LogP contribution in [0, 0.1) is 0 Å². The van der Waals surface area contributed by atoms with Crippen molar-refractivity contribution in [3.8, 4) is 5.75 Å². The summed E-state index contributed by atoms with van der Waals surface area (Å²) in [6.45, 7) is 2.64. The Kier molecular flexibility index (Phi) is 3.20. The summed E-state index contributed by atoms with van der Waals surface area (Å²) in [4.78, 5) is 12.4. The summed E-state index contributed by atoms with van der Waals surface area (Å²) in [5.74, 6) is 1.24. The van der Waals surface area contributed by atoms with Crippen LogP contribution in [0.3, 0.4) is 0 Å². The second-order valence-electron chi connectivity index (χ2n) is 4.57. The molecule has 3 rings (SSSR count). The molecule has 3 aromatic rings. The Bertz CT molecular complexity index is 710. The molecule has 0 amide bonds. The Balaban J connectivity index is 1.78. The number of aromatic nitrogens is 4. The molecule has 6 heteroatoms. The Morgan fingerprint density at radius 1 is 1.20 bits per heavy atom.